The van der Waals surface area contributed by atoms with Crippen molar-refractivity contribution in [2.24, 2.45) is 0 Å². The maximum absolute atomic E-state index is 13.0. The highest BCUT2D eigenvalue weighted by atomic mass is 16.1. The summed E-state index contributed by atoms with van der Waals surface area (Å²) in [6, 6.07) is 12.9. The van der Waals surface area contributed by atoms with Crippen molar-refractivity contribution in [3.05, 3.63) is 81.1 Å². The van der Waals surface area contributed by atoms with Crippen LogP contribution >= 0.6 is 0 Å². The molecule has 0 radical (unpaired) electrons. The molecule has 0 spiro atoms. The van der Waals surface area contributed by atoms with Gasteiger partial charge in [-0.1, -0.05) is 17.7 Å². The third-order valence-electron chi connectivity index (χ3n) is 4.47. The number of aromatic nitrogens is 3. The fourth-order valence-corrected chi connectivity index (χ4v) is 3.04. The van der Waals surface area contributed by atoms with Gasteiger partial charge in [0.1, 0.15) is 0 Å². The van der Waals surface area contributed by atoms with E-state index in [1.54, 1.807) is 54.3 Å². The molecule has 0 unspecified atom stereocenters. The van der Waals surface area contributed by atoms with Crippen molar-refractivity contribution in [2.75, 3.05) is 19.1 Å². The van der Waals surface area contributed by atoms with Crippen molar-refractivity contribution < 1.29 is 0 Å². The van der Waals surface area contributed by atoms with Crippen LogP contribution in [0.2, 0.25) is 0 Å². The second-order valence-electron chi connectivity index (χ2n) is 6.49. The summed E-state index contributed by atoms with van der Waals surface area (Å²) in [7, 11) is 3.57. The smallest absolute Gasteiger partial charge is 0.278 e. The Balaban J connectivity index is 2.03. The highest BCUT2D eigenvalue weighted by Gasteiger charge is 2.11. The minimum atomic E-state index is -0.202. The van der Waals surface area contributed by atoms with Gasteiger partial charge in [0.2, 0.25) is 0 Å². The lowest BCUT2D eigenvalue weighted by atomic mass is 10.2. The van der Waals surface area contributed by atoms with Crippen LogP contribution in [0.5, 0.6) is 0 Å². The van der Waals surface area contributed by atoms with Crippen molar-refractivity contribution >= 4 is 21.8 Å². The largest absolute Gasteiger partial charge is 0.316 e. The molecule has 130 valence electrons. The number of hydrogen-bond acceptors (Lipinski definition) is 4. The number of hydrogen-bond donors (Lipinski definition) is 0. The fraction of sp³-hybridized carbons (Fsp3) is 0.150. The Morgan fingerprint density at radius 1 is 0.846 bits per heavy atom. The third-order valence-corrected chi connectivity index (χ3v) is 4.47. The number of nitrogens with zero attached hydrogens (tertiary/aromatic N) is 4. The molecular weight excluding hydrogens is 328 g/mol. The second kappa shape index (κ2) is 5.84. The molecule has 6 nitrogen and oxygen atoms in total. The maximum atomic E-state index is 13.0. The van der Waals surface area contributed by atoms with E-state index in [2.05, 4.69) is 4.98 Å². The van der Waals surface area contributed by atoms with Crippen LogP contribution in [0.4, 0.5) is 0 Å². The van der Waals surface area contributed by atoms with Gasteiger partial charge in [-0.15, -0.1) is 0 Å². The van der Waals surface area contributed by atoms with Gasteiger partial charge in [0.05, 0.1) is 21.8 Å². The molecule has 0 bridgehead atoms. The quantitative estimate of drug-likeness (QED) is 0.522. The molecule has 26 heavy (non-hydrogen) atoms. The second-order valence-corrected chi connectivity index (χ2v) is 6.49. The van der Waals surface area contributed by atoms with E-state index in [-0.39, 0.29) is 11.1 Å². The number of rotatable bonds is 2. The Morgan fingerprint density at radius 2 is 1.46 bits per heavy atom. The summed E-state index contributed by atoms with van der Waals surface area (Å²) in [5, 5.41) is 2.53. The van der Waals surface area contributed by atoms with E-state index >= 15 is 0 Å². The SMILES string of the molecule is Cc1ccc(-n2ccc3nc4ccn(N(C)C)c(=O)c4cc3c2=O)cc1. The molecular formula is C20H18N4O2. The number of aryl methyl sites for hydroxylation is 1. The number of pyridine rings is 3. The van der Waals surface area contributed by atoms with Crippen molar-refractivity contribution in [1.29, 1.82) is 0 Å². The molecule has 4 aromatic rings. The molecule has 3 heterocycles. The molecule has 0 saturated heterocycles. The van der Waals surface area contributed by atoms with Crippen molar-refractivity contribution in [3.63, 3.8) is 0 Å². The number of fused-ring (bicyclic) bond motifs is 2. The summed E-state index contributed by atoms with van der Waals surface area (Å²) >= 11 is 0. The average molecular weight is 346 g/mol. The molecule has 0 aliphatic carbocycles. The predicted molar refractivity (Wildman–Crippen MR) is 104 cm³/mol. The molecule has 1 aromatic carbocycles. The minimum Gasteiger partial charge on any atom is -0.316 e. The lowest BCUT2D eigenvalue weighted by molar-refractivity contribution is 0.706. The molecule has 0 amide bonds. The molecule has 0 N–H and O–H groups in total. The molecule has 6 heteroatoms. The van der Waals surface area contributed by atoms with Crippen LogP contribution in [0.25, 0.3) is 27.5 Å². The maximum Gasteiger partial charge on any atom is 0.278 e. The van der Waals surface area contributed by atoms with Gasteiger partial charge in [-0.3, -0.25) is 14.2 Å². The Morgan fingerprint density at radius 3 is 2.12 bits per heavy atom. The van der Waals surface area contributed by atoms with E-state index in [1.165, 1.54) is 4.68 Å². The van der Waals surface area contributed by atoms with E-state index in [4.69, 9.17) is 0 Å². The molecule has 0 aliphatic heterocycles. The molecule has 0 aliphatic rings. The zero-order valence-electron chi connectivity index (χ0n) is 14.8. The monoisotopic (exact) mass is 346 g/mol. The predicted octanol–water partition coefficient (Wildman–Crippen LogP) is 2.21. The van der Waals surface area contributed by atoms with Gasteiger partial charge in [0.25, 0.3) is 11.1 Å². The molecule has 0 fully saturated rings. The van der Waals surface area contributed by atoms with Crippen LogP contribution in [-0.2, 0) is 0 Å². The summed E-state index contributed by atoms with van der Waals surface area (Å²) in [6.07, 6.45) is 3.40. The van der Waals surface area contributed by atoms with Crippen LogP contribution in [0, 0.1) is 6.92 Å². The minimum absolute atomic E-state index is 0.194. The van der Waals surface area contributed by atoms with Crippen molar-refractivity contribution in [1.82, 2.24) is 14.2 Å². The summed E-state index contributed by atoms with van der Waals surface area (Å²) in [5.74, 6) is 0. The third kappa shape index (κ3) is 2.47. The first-order valence-electron chi connectivity index (χ1n) is 8.28. The van der Waals surface area contributed by atoms with Gasteiger partial charge in [0.15, 0.2) is 0 Å². The molecule has 4 rings (SSSR count). The fourth-order valence-electron chi connectivity index (χ4n) is 3.04. The van der Waals surface area contributed by atoms with Gasteiger partial charge < -0.3 is 5.01 Å². The van der Waals surface area contributed by atoms with Crippen LogP contribution < -0.4 is 16.1 Å². The zero-order valence-corrected chi connectivity index (χ0v) is 14.8. The zero-order chi connectivity index (χ0) is 18.4. The molecule has 0 saturated carbocycles. The number of benzene rings is 1. The molecule has 0 atom stereocenters. The Labute approximate surface area is 149 Å². The van der Waals surface area contributed by atoms with E-state index in [0.717, 1.165) is 11.3 Å². The van der Waals surface area contributed by atoms with E-state index in [1.807, 2.05) is 31.2 Å². The van der Waals surface area contributed by atoms with Crippen LogP contribution in [-0.4, -0.2) is 28.3 Å². The van der Waals surface area contributed by atoms with Gasteiger partial charge in [-0.25, -0.2) is 9.66 Å². The first-order valence-corrected chi connectivity index (χ1v) is 8.28. The summed E-state index contributed by atoms with van der Waals surface area (Å²) in [5.41, 5.74) is 2.66. The standard InChI is InChI=1S/C20H18N4O2/c1-13-4-6-14(7-5-13)23-10-8-17-15(19(23)25)12-16-18(21-17)9-11-24(20(16)26)22(2)3/h4-12H,1-3H3. The van der Waals surface area contributed by atoms with Gasteiger partial charge in [0, 0.05) is 32.2 Å². The Kier molecular flexibility index (Phi) is 3.61. The van der Waals surface area contributed by atoms with Crippen molar-refractivity contribution in [3.8, 4) is 5.69 Å². The van der Waals surface area contributed by atoms with Gasteiger partial charge >= 0.3 is 0 Å². The first-order chi connectivity index (χ1) is 12.5. The lowest BCUT2D eigenvalue weighted by Gasteiger charge is -2.16. The van der Waals surface area contributed by atoms with E-state index in [9.17, 15) is 9.59 Å². The molecule has 3 aromatic heterocycles. The highest BCUT2D eigenvalue weighted by Crippen LogP contribution is 2.16. The summed E-state index contributed by atoms with van der Waals surface area (Å²) in [4.78, 5) is 30.2. The topological polar surface area (TPSA) is 60.1 Å². The van der Waals surface area contributed by atoms with Crippen LogP contribution in [0.15, 0.2) is 64.4 Å². The van der Waals surface area contributed by atoms with Gasteiger partial charge in [-0.2, -0.15) is 0 Å². The normalized spacial score (nSPS) is 11.2. The Bertz CT molecular complexity index is 1250. The van der Waals surface area contributed by atoms with Gasteiger partial charge in [-0.05, 0) is 37.3 Å². The summed E-state index contributed by atoms with van der Waals surface area (Å²) < 4.78 is 3.06. The van der Waals surface area contributed by atoms with E-state index < -0.39 is 0 Å². The summed E-state index contributed by atoms with van der Waals surface area (Å²) in [6.45, 7) is 2.00. The lowest BCUT2D eigenvalue weighted by Crippen LogP contribution is -2.35. The highest BCUT2D eigenvalue weighted by molar-refractivity contribution is 5.91. The van der Waals surface area contributed by atoms with E-state index in [0.29, 0.717) is 21.8 Å². The van der Waals surface area contributed by atoms with Crippen LogP contribution in [0.3, 0.4) is 0 Å². The first kappa shape index (κ1) is 16.1. The van der Waals surface area contributed by atoms with Crippen molar-refractivity contribution in [2.45, 2.75) is 6.92 Å². The Hall–Kier alpha value is -3.41. The van der Waals surface area contributed by atoms with Crippen LogP contribution in [0.1, 0.15) is 5.56 Å². The average Bonchev–Trinajstić information content (AvgIpc) is 2.62.